The van der Waals surface area contributed by atoms with Crippen molar-refractivity contribution < 1.29 is 19.7 Å². The fourth-order valence-corrected chi connectivity index (χ4v) is 2.74. The molecule has 0 spiro atoms. The summed E-state index contributed by atoms with van der Waals surface area (Å²) in [5, 5.41) is 10.5. The topological polar surface area (TPSA) is 55.8 Å². The molecule has 0 saturated carbocycles. The third-order valence-corrected chi connectivity index (χ3v) is 3.95. The molecule has 0 aliphatic carbocycles. The van der Waals surface area contributed by atoms with Gasteiger partial charge in [0.25, 0.3) is 0 Å². The summed E-state index contributed by atoms with van der Waals surface area (Å²) < 4.78 is 0. The van der Waals surface area contributed by atoms with Gasteiger partial charge < -0.3 is 5.11 Å². The summed E-state index contributed by atoms with van der Waals surface area (Å²) in [4.78, 5) is 20.6. The predicted molar refractivity (Wildman–Crippen MR) is 91.4 cm³/mol. The lowest BCUT2D eigenvalue weighted by Gasteiger charge is -2.13. The highest BCUT2D eigenvalue weighted by Gasteiger charge is 2.13. The Bertz CT molecular complexity index is 451. The van der Waals surface area contributed by atoms with Crippen LogP contribution in [0.15, 0.2) is 12.1 Å². The van der Waals surface area contributed by atoms with E-state index in [1.807, 2.05) is 12.1 Å². The molecule has 4 nitrogen and oxygen atoms in total. The van der Waals surface area contributed by atoms with E-state index in [2.05, 4.69) is 23.6 Å². The first-order chi connectivity index (χ1) is 11.1. The Morgan fingerprint density at radius 2 is 1.52 bits per heavy atom. The maximum absolute atomic E-state index is 11.6. The summed E-state index contributed by atoms with van der Waals surface area (Å²) in [6, 6.07) is 3.84. The molecule has 0 atom stereocenters. The predicted octanol–water partition coefficient (Wildman–Crippen LogP) is 4.50. The van der Waals surface area contributed by atoms with E-state index in [0.29, 0.717) is 5.75 Å². The van der Waals surface area contributed by atoms with Gasteiger partial charge in [-0.05, 0) is 42.4 Å². The summed E-state index contributed by atoms with van der Waals surface area (Å²) in [7, 11) is 1.32. The van der Waals surface area contributed by atoms with Crippen molar-refractivity contribution in [1.29, 1.82) is 0 Å². The Balaban J connectivity index is 2.92. The molecule has 0 radical (unpaired) electrons. The van der Waals surface area contributed by atoms with Gasteiger partial charge in [-0.2, -0.15) is 4.89 Å². The maximum Gasteiger partial charge on any atom is 0.346 e. The average Bonchev–Trinajstić information content (AvgIpc) is 2.52. The molecule has 1 rings (SSSR count). The lowest BCUT2D eigenvalue weighted by atomic mass is 9.95. The van der Waals surface area contributed by atoms with Crippen LogP contribution in [0.1, 0.15) is 69.1 Å². The first-order valence-corrected chi connectivity index (χ1v) is 8.69. The molecule has 0 aliphatic heterocycles. The van der Waals surface area contributed by atoms with Crippen molar-refractivity contribution in [3.05, 3.63) is 28.8 Å². The minimum Gasteiger partial charge on any atom is -0.507 e. The standard InChI is InChI=1S/C19H30O4/c1-4-6-8-10-16-12-15(14-18(20)23-22-3)13-17(19(16)21)11-9-7-5-2/h12-13,21H,4-11,14H2,1-3H3. The number of hydrogen-bond acceptors (Lipinski definition) is 4. The van der Waals surface area contributed by atoms with Crippen LogP contribution >= 0.6 is 0 Å². The number of aryl methyl sites for hydroxylation is 2. The molecule has 130 valence electrons. The summed E-state index contributed by atoms with van der Waals surface area (Å²) in [5.41, 5.74) is 2.75. The highest BCUT2D eigenvalue weighted by atomic mass is 17.2. The van der Waals surface area contributed by atoms with Crippen molar-refractivity contribution in [3.63, 3.8) is 0 Å². The van der Waals surface area contributed by atoms with E-state index in [1.165, 1.54) is 7.11 Å². The van der Waals surface area contributed by atoms with Crippen LogP contribution < -0.4 is 0 Å². The Morgan fingerprint density at radius 3 is 1.96 bits per heavy atom. The molecule has 0 unspecified atom stereocenters. The number of carbonyl (C=O) groups excluding carboxylic acids is 1. The highest BCUT2D eigenvalue weighted by Crippen LogP contribution is 2.28. The summed E-state index contributed by atoms with van der Waals surface area (Å²) >= 11 is 0. The van der Waals surface area contributed by atoms with Gasteiger partial charge >= 0.3 is 5.97 Å². The van der Waals surface area contributed by atoms with Crippen molar-refractivity contribution in [2.45, 2.75) is 71.6 Å². The van der Waals surface area contributed by atoms with Crippen molar-refractivity contribution in [2.24, 2.45) is 0 Å². The normalized spacial score (nSPS) is 10.7. The number of rotatable bonds is 11. The first-order valence-electron chi connectivity index (χ1n) is 8.69. The summed E-state index contributed by atoms with van der Waals surface area (Å²) in [6.07, 6.45) is 8.50. The van der Waals surface area contributed by atoms with E-state index < -0.39 is 5.97 Å². The number of phenolic OH excluding ortho intramolecular Hbond substituents is 1. The van der Waals surface area contributed by atoms with Gasteiger partial charge in [0, 0.05) is 0 Å². The Morgan fingerprint density at radius 1 is 1.00 bits per heavy atom. The molecule has 0 bridgehead atoms. The smallest absolute Gasteiger partial charge is 0.346 e. The zero-order valence-corrected chi connectivity index (χ0v) is 14.7. The van der Waals surface area contributed by atoms with E-state index >= 15 is 0 Å². The number of carbonyl (C=O) groups is 1. The summed E-state index contributed by atoms with van der Waals surface area (Å²) in [5.74, 6) is -0.0155. The molecule has 1 N–H and O–H groups in total. The van der Waals surface area contributed by atoms with Crippen LogP contribution in [0.3, 0.4) is 0 Å². The third-order valence-electron chi connectivity index (χ3n) is 3.95. The monoisotopic (exact) mass is 322 g/mol. The second-order valence-corrected chi connectivity index (χ2v) is 5.98. The number of unbranched alkanes of at least 4 members (excludes halogenated alkanes) is 4. The van der Waals surface area contributed by atoms with Gasteiger partial charge in [-0.3, -0.25) is 4.89 Å². The van der Waals surface area contributed by atoms with Crippen LogP contribution in [0.4, 0.5) is 0 Å². The van der Waals surface area contributed by atoms with Crippen LogP contribution in [0.2, 0.25) is 0 Å². The maximum atomic E-state index is 11.6. The Labute approximate surface area is 139 Å². The van der Waals surface area contributed by atoms with Crippen LogP contribution in [0, 0.1) is 0 Å². The number of benzene rings is 1. The molecule has 1 aromatic rings. The average molecular weight is 322 g/mol. The van der Waals surface area contributed by atoms with Gasteiger partial charge in [0.2, 0.25) is 0 Å². The van der Waals surface area contributed by atoms with Gasteiger partial charge in [0.15, 0.2) is 0 Å². The van der Waals surface area contributed by atoms with E-state index in [0.717, 1.165) is 68.1 Å². The third kappa shape index (κ3) is 7.04. The first kappa shape index (κ1) is 19.5. The van der Waals surface area contributed by atoms with Crippen molar-refractivity contribution in [3.8, 4) is 5.75 Å². The van der Waals surface area contributed by atoms with Gasteiger partial charge in [0.05, 0.1) is 13.5 Å². The number of hydrogen-bond donors (Lipinski definition) is 1. The fourth-order valence-electron chi connectivity index (χ4n) is 2.74. The van der Waals surface area contributed by atoms with Crippen molar-refractivity contribution >= 4 is 5.97 Å². The zero-order chi connectivity index (χ0) is 17.1. The van der Waals surface area contributed by atoms with Crippen LogP contribution in [-0.4, -0.2) is 18.2 Å². The minimum absolute atomic E-state index is 0.162. The van der Waals surface area contributed by atoms with Crippen LogP contribution in [-0.2, 0) is 33.8 Å². The Kier molecular flexibility index (Phi) is 9.37. The lowest BCUT2D eigenvalue weighted by Crippen LogP contribution is -2.08. The number of aromatic hydroxyl groups is 1. The molecule has 0 heterocycles. The lowest BCUT2D eigenvalue weighted by molar-refractivity contribution is -0.254. The zero-order valence-electron chi connectivity index (χ0n) is 14.7. The Hall–Kier alpha value is -1.55. The summed E-state index contributed by atoms with van der Waals surface area (Å²) in [6.45, 7) is 4.32. The molecular weight excluding hydrogens is 292 g/mol. The van der Waals surface area contributed by atoms with Crippen molar-refractivity contribution in [1.82, 2.24) is 0 Å². The number of phenols is 1. The van der Waals surface area contributed by atoms with E-state index in [4.69, 9.17) is 0 Å². The van der Waals surface area contributed by atoms with E-state index in [1.54, 1.807) is 0 Å². The molecule has 0 aromatic heterocycles. The fraction of sp³-hybridized carbons (Fsp3) is 0.632. The minimum atomic E-state index is -0.419. The molecule has 0 amide bonds. The SMILES string of the molecule is CCCCCc1cc(CC(=O)OOC)cc(CCCCC)c1O. The largest absolute Gasteiger partial charge is 0.507 e. The van der Waals surface area contributed by atoms with E-state index in [-0.39, 0.29) is 6.42 Å². The van der Waals surface area contributed by atoms with Crippen LogP contribution in [0.5, 0.6) is 5.75 Å². The molecule has 1 aromatic carbocycles. The van der Waals surface area contributed by atoms with Gasteiger partial charge in [-0.1, -0.05) is 51.7 Å². The van der Waals surface area contributed by atoms with Gasteiger partial charge in [-0.25, -0.2) is 4.79 Å². The van der Waals surface area contributed by atoms with Crippen molar-refractivity contribution in [2.75, 3.05) is 7.11 Å². The van der Waals surface area contributed by atoms with E-state index in [9.17, 15) is 9.90 Å². The molecule has 23 heavy (non-hydrogen) atoms. The quantitative estimate of drug-likeness (QED) is 0.370. The highest BCUT2D eigenvalue weighted by molar-refractivity contribution is 5.72. The van der Waals surface area contributed by atoms with Gasteiger partial charge in [0.1, 0.15) is 5.75 Å². The molecule has 0 saturated heterocycles. The molecule has 4 heteroatoms. The molecule has 0 aliphatic rings. The molecular formula is C19H30O4. The molecule has 0 fully saturated rings. The van der Waals surface area contributed by atoms with Crippen LogP contribution in [0.25, 0.3) is 0 Å². The van der Waals surface area contributed by atoms with Gasteiger partial charge in [-0.15, -0.1) is 0 Å². The second kappa shape index (κ2) is 11.1. The second-order valence-electron chi connectivity index (χ2n) is 5.98.